The second-order valence-corrected chi connectivity index (χ2v) is 3.88. The predicted octanol–water partition coefficient (Wildman–Crippen LogP) is 0.847. The molecule has 0 atom stereocenters. The molecule has 0 saturated carbocycles. The first kappa shape index (κ1) is 12.8. The summed E-state index contributed by atoms with van der Waals surface area (Å²) in [6.45, 7) is 0.214. The van der Waals surface area contributed by atoms with Crippen molar-refractivity contribution >= 4 is 17.3 Å². The first-order valence-electron chi connectivity index (χ1n) is 5.38. The van der Waals surface area contributed by atoms with Gasteiger partial charge in [0.05, 0.1) is 17.9 Å². The second kappa shape index (κ2) is 4.92. The standard InChI is InChI=1S/C11H12FN5O2/c1-17-5-15-8(16-17)4-14-7-3-2-6(12)10(13)9(7)11(18)19/h2-3,5,14H,4,13H2,1H3,(H,18,19). The third-order valence-corrected chi connectivity index (χ3v) is 2.49. The quantitative estimate of drug-likeness (QED) is 0.707. The lowest BCUT2D eigenvalue weighted by atomic mass is 10.1. The van der Waals surface area contributed by atoms with E-state index in [1.165, 1.54) is 17.1 Å². The molecule has 1 aromatic heterocycles. The van der Waals surface area contributed by atoms with Gasteiger partial charge in [0.1, 0.15) is 17.7 Å². The van der Waals surface area contributed by atoms with E-state index in [0.29, 0.717) is 5.82 Å². The molecule has 8 heteroatoms. The molecule has 2 rings (SSSR count). The minimum Gasteiger partial charge on any atom is -0.478 e. The normalized spacial score (nSPS) is 10.4. The molecule has 1 aromatic carbocycles. The maximum Gasteiger partial charge on any atom is 0.340 e. The number of carboxylic acid groups (broad SMARTS) is 1. The molecular formula is C11H12FN5O2. The van der Waals surface area contributed by atoms with Crippen molar-refractivity contribution in [3.63, 3.8) is 0 Å². The molecule has 7 nitrogen and oxygen atoms in total. The molecule has 2 aromatic rings. The van der Waals surface area contributed by atoms with Gasteiger partial charge in [-0.05, 0) is 12.1 Å². The van der Waals surface area contributed by atoms with Crippen LogP contribution in [0.1, 0.15) is 16.2 Å². The number of aromatic carboxylic acids is 1. The summed E-state index contributed by atoms with van der Waals surface area (Å²) in [6.07, 6.45) is 1.52. The zero-order chi connectivity index (χ0) is 14.0. The molecule has 0 bridgehead atoms. The first-order chi connectivity index (χ1) is 8.99. The summed E-state index contributed by atoms with van der Waals surface area (Å²) in [5.41, 5.74) is 4.96. The van der Waals surface area contributed by atoms with Gasteiger partial charge < -0.3 is 16.2 Å². The lowest BCUT2D eigenvalue weighted by molar-refractivity contribution is 0.0698. The minimum absolute atomic E-state index is 0.214. The van der Waals surface area contributed by atoms with Gasteiger partial charge in [0.2, 0.25) is 0 Å². The maximum atomic E-state index is 13.2. The highest BCUT2D eigenvalue weighted by Crippen LogP contribution is 2.25. The first-order valence-corrected chi connectivity index (χ1v) is 5.38. The molecule has 0 aliphatic rings. The summed E-state index contributed by atoms with van der Waals surface area (Å²) >= 11 is 0. The molecule has 0 aliphatic heterocycles. The Bertz CT molecular complexity index is 626. The number of nitrogen functional groups attached to an aromatic ring is 1. The molecule has 1 heterocycles. The van der Waals surface area contributed by atoms with E-state index in [2.05, 4.69) is 15.4 Å². The van der Waals surface area contributed by atoms with Gasteiger partial charge in [-0.15, -0.1) is 0 Å². The Morgan fingerprint density at radius 2 is 2.32 bits per heavy atom. The Kier molecular flexibility index (Phi) is 3.32. The van der Waals surface area contributed by atoms with Gasteiger partial charge in [0, 0.05) is 7.05 Å². The van der Waals surface area contributed by atoms with Gasteiger partial charge >= 0.3 is 5.97 Å². The Morgan fingerprint density at radius 1 is 1.58 bits per heavy atom. The van der Waals surface area contributed by atoms with Gasteiger partial charge in [0.15, 0.2) is 5.82 Å². The van der Waals surface area contributed by atoms with Crippen molar-refractivity contribution in [2.45, 2.75) is 6.54 Å². The summed E-state index contributed by atoms with van der Waals surface area (Å²) in [5.74, 6) is -1.57. The smallest absolute Gasteiger partial charge is 0.340 e. The molecule has 4 N–H and O–H groups in total. The summed E-state index contributed by atoms with van der Waals surface area (Å²) in [7, 11) is 1.72. The summed E-state index contributed by atoms with van der Waals surface area (Å²) < 4.78 is 14.8. The Balaban J connectivity index is 2.25. The lowest BCUT2D eigenvalue weighted by Gasteiger charge is -2.10. The third-order valence-electron chi connectivity index (χ3n) is 2.49. The number of benzene rings is 1. The Morgan fingerprint density at radius 3 is 2.89 bits per heavy atom. The number of halogens is 1. The van der Waals surface area contributed by atoms with Crippen molar-refractivity contribution in [1.29, 1.82) is 0 Å². The highest BCUT2D eigenvalue weighted by Gasteiger charge is 2.17. The average molecular weight is 265 g/mol. The number of rotatable bonds is 4. The van der Waals surface area contributed by atoms with Crippen molar-refractivity contribution in [3.05, 3.63) is 35.7 Å². The van der Waals surface area contributed by atoms with E-state index >= 15 is 0 Å². The van der Waals surface area contributed by atoms with E-state index in [1.807, 2.05) is 0 Å². The molecule has 0 radical (unpaired) electrons. The number of nitrogens with zero attached hydrogens (tertiary/aromatic N) is 3. The van der Waals surface area contributed by atoms with Crippen molar-refractivity contribution in [1.82, 2.24) is 14.8 Å². The van der Waals surface area contributed by atoms with Gasteiger partial charge in [-0.25, -0.2) is 14.2 Å². The molecule has 19 heavy (non-hydrogen) atoms. The van der Waals surface area contributed by atoms with Crippen LogP contribution in [-0.4, -0.2) is 25.8 Å². The number of aromatic nitrogens is 3. The van der Waals surface area contributed by atoms with E-state index < -0.39 is 17.5 Å². The molecule has 0 aliphatic carbocycles. The van der Waals surface area contributed by atoms with Gasteiger partial charge in [-0.2, -0.15) is 5.10 Å². The SMILES string of the molecule is Cn1cnc(CNc2ccc(F)c(N)c2C(=O)O)n1. The van der Waals surface area contributed by atoms with Crippen molar-refractivity contribution in [3.8, 4) is 0 Å². The fraction of sp³-hybridized carbons (Fsp3) is 0.182. The fourth-order valence-electron chi connectivity index (χ4n) is 1.61. The summed E-state index contributed by atoms with van der Waals surface area (Å²) in [4.78, 5) is 15.1. The number of nitrogens with two attached hydrogens (primary N) is 1. The zero-order valence-electron chi connectivity index (χ0n) is 10.1. The molecule has 0 spiro atoms. The number of carbonyl (C=O) groups is 1. The molecular weight excluding hydrogens is 253 g/mol. The van der Waals surface area contributed by atoms with Crippen LogP contribution >= 0.6 is 0 Å². The van der Waals surface area contributed by atoms with Crippen molar-refractivity contribution in [2.24, 2.45) is 7.05 Å². The number of aryl methyl sites for hydroxylation is 1. The van der Waals surface area contributed by atoms with E-state index in [-0.39, 0.29) is 17.8 Å². The van der Waals surface area contributed by atoms with Gasteiger partial charge in [-0.1, -0.05) is 0 Å². The van der Waals surface area contributed by atoms with Crippen molar-refractivity contribution < 1.29 is 14.3 Å². The van der Waals surface area contributed by atoms with Crippen LogP contribution in [0.25, 0.3) is 0 Å². The topological polar surface area (TPSA) is 106 Å². The van der Waals surface area contributed by atoms with Gasteiger partial charge in [0.25, 0.3) is 0 Å². The minimum atomic E-state index is -1.30. The second-order valence-electron chi connectivity index (χ2n) is 3.88. The maximum absolute atomic E-state index is 13.2. The number of carboxylic acids is 1. The Hall–Kier alpha value is -2.64. The molecule has 0 amide bonds. The van der Waals surface area contributed by atoms with E-state index in [1.54, 1.807) is 7.05 Å². The zero-order valence-corrected chi connectivity index (χ0v) is 10.1. The van der Waals surface area contributed by atoms with Crippen LogP contribution in [0.2, 0.25) is 0 Å². The molecule has 0 unspecified atom stereocenters. The monoisotopic (exact) mass is 265 g/mol. The van der Waals surface area contributed by atoms with Crippen molar-refractivity contribution in [2.75, 3.05) is 11.1 Å². The largest absolute Gasteiger partial charge is 0.478 e. The van der Waals surface area contributed by atoms with E-state index in [0.717, 1.165) is 6.07 Å². The highest BCUT2D eigenvalue weighted by atomic mass is 19.1. The molecule has 0 fully saturated rings. The number of hydrogen-bond donors (Lipinski definition) is 3. The third kappa shape index (κ3) is 2.62. The van der Waals surface area contributed by atoms with Crippen LogP contribution in [0, 0.1) is 5.82 Å². The van der Waals surface area contributed by atoms with E-state index in [4.69, 9.17) is 10.8 Å². The number of nitrogens with one attached hydrogen (secondary N) is 1. The molecule has 100 valence electrons. The summed E-state index contributed by atoms with van der Waals surface area (Å²) in [5, 5.41) is 15.9. The number of hydrogen-bond acceptors (Lipinski definition) is 5. The lowest BCUT2D eigenvalue weighted by Crippen LogP contribution is -2.11. The fourth-order valence-corrected chi connectivity index (χ4v) is 1.61. The van der Waals surface area contributed by atoms with E-state index in [9.17, 15) is 9.18 Å². The van der Waals surface area contributed by atoms with Gasteiger partial charge in [-0.3, -0.25) is 4.68 Å². The van der Waals surface area contributed by atoms with Crippen LogP contribution < -0.4 is 11.1 Å². The summed E-state index contributed by atoms with van der Waals surface area (Å²) in [6, 6.07) is 2.42. The van der Waals surface area contributed by atoms with Crippen LogP contribution in [0.15, 0.2) is 18.5 Å². The van der Waals surface area contributed by atoms with Crippen LogP contribution in [0.5, 0.6) is 0 Å². The van der Waals surface area contributed by atoms with Crippen LogP contribution in [0.3, 0.4) is 0 Å². The van der Waals surface area contributed by atoms with Crippen LogP contribution in [-0.2, 0) is 13.6 Å². The Labute approximate surface area is 107 Å². The molecule has 0 saturated heterocycles. The van der Waals surface area contributed by atoms with Crippen LogP contribution in [0.4, 0.5) is 15.8 Å². The highest BCUT2D eigenvalue weighted by molar-refractivity contribution is 6.00. The average Bonchev–Trinajstić information content (AvgIpc) is 2.76. The number of anilines is 2. The predicted molar refractivity (Wildman–Crippen MR) is 66.1 cm³/mol.